The summed E-state index contributed by atoms with van der Waals surface area (Å²) in [5, 5.41) is 3.05. The molecule has 1 atom stereocenters. The van der Waals surface area contributed by atoms with E-state index in [1.807, 2.05) is 82.3 Å². The number of nitrogens with one attached hydrogen (secondary N) is 1. The third-order valence-electron chi connectivity index (χ3n) is 5.42. The van der Waals surface area contributed by atoms with Crippen molar-refractivity contribution in [3.05, 3.63) is 101 Å². The molecule has 35 heavy (non-hydrogen) atoms. The maximum absolute atomic E-state index is 13.6. The Hall–Kier alpha value is -3.12. The number of carbonyl (C=O) groups excluding carboxylic acids is 2. The molecule has 1 N–H and O–H groups in total. The van der Waals surface area contributed by atoms with Crippen LogP contribution in [0.3, 0.4) is 0 Å². The number of amides is 2. The Bertz CT molecular complexity index is 1110. The molecule has 0 heterocycles. The van der Waals surface area contributed by atoms with Crippen LogP contribution in [-0.4, -0.2) is 34.0 Å². The Kier molecular flexibility index (Phi) is 9.10. The van der Waals surface area contributed by atoms with E-state index in [1.165, 1.54) is 23.9 Å². The van der Waals surface area contributed by atoms with E-state index in [-0.39, 0.29) is 29.9 Å². The summed E-state index contributed by atoms with van der Waals surface area (Å²) in [6.45, 7) is 7.99. The smallest absolute Gasteiger partial charge is 0.243 e. The second-order valence-electron chi connectivity index (χ2n) is 9.69. The fourth-order valence-electron chi connectivity index (χ4n) is 3.66. The molecule has 4 nitrogen and oxygen atoms in total. The van der Waals surface area contributed by atoms with Gasteiger partial charge in [0.25, 0.3) is 0 Å². The van der Waals surface area contributed by atoms with Crippen LogP contribution in [0.25, 0.3) is 0 Å². The molecule has 184 valence electrons. The predicted octanol–water partition coefficient (Wildman–Crippen LogP) is 5.78. The van der Waals surface area contributed by atoms with Crippen LogP contribution < -0.4 is 5.32 Å². The van der Waals surface area contributed by atoms with Gasteiger partial charge in [-0.1, -0.05) is 60.2 Å². The Morgan fingerprint density at radius 3 is 2.14 bits per heavy atom. The summed E-state index contributed by atoms with van der Waals surface area (Å²) in [6.07, 6.45) is 0.380. The second kappa shape index (κ2) is 12.0. The van der Waals surface area contributed by atoms with E-state index >= 15 is 0 Å². The molecule has 0 saturated carbocycles. The lowest BCUT2D eigenvalue weighted by Gasteiger charge is -2.34. The summed E-state index contributed by atoms with van der Waals surface area (Å²) in [4.78, 5) is 29.7. The van der Waals surface area contributed by atoms with Crippen molar-refractivity contribution in [2.24, 2.45) is 0 Å². The summed E-state index contributed by atoms with van der Waals surface area (Å²) in [5.41, 5.74) is 2.43. The van der Waals surface area contributed by atoms with Gasteiger partial charge in [0.1, 0.15) is 11.9 Å². The van der Waals surface area contributed by atoms with Crippen LogP contribution in [0.1, 0.15) is 37.5 Å². The molecule has 6 heteroatoms. The number of thioether (sulfide) groups is 1. The summed E-state index contributed by atoms with van der Waals surface area (Å²) < 4.78 is 13.5. The lowest BCUT2D eigenvalue weighted by atomic mass is 10.0. The Morgan fingerprint density at radius 1 is 0.914 bits per heavy atom. The van der Waals surface area contributed by atoms with Crippen molar-refractivity contribution < 1.29 is 14.0 Å². The quantitative estimate of drug-likeness (QED) is 0.385. The van der Waals surface area contributed by atoms with Crippen molar-refractivity contribution in [1.29, 1.82) is 0 Å². The number of benzene rings is 3. The molecule has 0 saturated heterocycles. The lowest BCUT2D eigenvalue weighted by Crippen LogP contribution is -2.54. The van der Waals surface area contributed by atoms with Crippen LogP contribution in [0, 0.1) is 12.7 Å². The molecule has 0 unspecified atom stereocenters. The number of halogens is 1. The van der Waals surface area contributed by atoms with Gasteiger partial charge in [-0.3, -0.25) is 9.59 Å². The lowest BCUT2D eigenvalue weighted by molar-refractivity contribution is -0.140. The van der Waals surface area contributed by atoms with Crippen molar-refractivity contribution in [3.63, 3.8) is 0 Å². The molecule has 0 aliphatic carbocycles. The maximum atomic E-state index is 13.6. The molecule has 0 radical (unpaired) electrons. The molecule has 3 rings (SSSR count). The fourth-order valence-corrected chi connectivity index (χ4v) is 4.44. The van der Waals surface area contributed by atoms with Crippen LogP contribution in [0.15, 0.2) is 83.8 Å². The SMILES string of the molecule is Cc1ccc(SCC(=O)N(Cc2ccc(F)cc2)[C@H](Cc2ccccc2)C(=O)NC(C)(C)C)cc1. The summed E-state index contributed by atoms with van der Waals surface area (Å²) >= 11 is 1.44. The minimum atomic E-state index is -0.715. The van der Waals surface area contributed by atoms with Crippen molar-refractivity contribution in [3.8, 4) is 0 Å². The average Bonchev–Trinajstić information content (AvgIpc) is 2.81. The Morgan fingerprint density at radius 2 is 1.54 bits per heavy atom. The molecular weight excluding hydrogens is 459 g/mol. The Balaban J connectivity index is 1.91. The highest BCUT2D eigenvalue weighted by Crippen LogP contribution is 2.22. The fraction of sp³-hybridized carbons (Fsp3) is 0.310. The zero-order chi connectivity index (χ0) is 25.4. The van der Waals surface area contributed by atoms with Gasteiger partial charge < -0.3 is 10.2 Å². The molecular formula is C29H33FN2O2S. The van der Waals surface area contributed by atoms with Gasteiger partial charge >= 0.3 is 0 Å². The first kappa shape index (κ1) is 26.5. The van der Waals surface area contributed by atoms with Crippen molar-refractivity contribution >= 4 is 23.6 Å². The van der Waals surface area contributed by atoms with Crippen molar-refractivity contribution in [2.75, 3.05) is 5.75 Å². The van der Waals surface area contributed by atoms with Gasteiger partial charge in [0.2, 0.25) is 11.8 Å². The first-order valence-corrected chi connectivity index (χ1v) is 12.7. The molecule has 0 aliphatic rings. The van der Waals surface area contributed by atoms with Gasteiger partial charge in [-0.2, -0.15) is 0 Å². The molecule has 0 aliphatic heterocycles. The topological polar surface area (TPSA) is 49.4 Å². The molecule has 0 fully saturated rings. The summed E-state index contributed by atoms with van der Waals surface area (Å²) in [7, 11) is 0. The van der Waals surface area contributed by atoms with Crippen LogP contribution in [0.2, 0.25) is 0 Å². The van der Waals surface area contributed by atoms with Crippen LogP contribution in [-0.2, 0) is 22.6 Å². The van der Waals surface area contributed by atoms with Crippen LogP contribution >= 0.6 is 11.8 Å². The number of rotatable bonds is 9. The molecule has 0 aromatic heterocycles. The number of nitrogens with zero attached hydrogens (tertiary/aromatic N) is 1. The zero-order valence-corrected chi connectivity index (χ0v) is 21.6. The Labute approximate surface area is 211 Å². The monoisotopic (exact) mass is 492 g/mol. The van der Waals surface area contributed by atoms with E-state index in [0.29, 0.717) is 6.42 Å². The third-order valence-corrected chi connectivity index (χ3v) is 6.42. The minimum absolute atomic E-state index is 0.148. The van der Waals surface area contributed by atoms with E-state index in [4.69, 9.17) is 0 Å². The normalized spacial score (nSPS) is 12.1. The standard InChI is InChI=1S/C29H33FN2O2S/c1-21-10-16-25(17-11-21)35-20-27(33)32(19-23-12-14-24(30)15-13-23)26(28(34)31-29(2,3)4)18-22-8-6-5-7-9-22/h5-17,26H,18-20H2,1-4H3,(H,31,34)/t26-/m1/s1. The second-order valence-corrected chi connectivity index (χ2v) is 10.7. The molecule has 0 spiro atoms. The van der Waals surface area contributed by atoms with E-state index in [1.54, 1.807) is 17.0 Å². The minimum Gasteiger partial charge on any atom is -0.350 e. The van der Waals surface area contributed by atoms with E-state index in [0.717, 1.165) is 21.6 Å². The van der Waals surface area contributed by atoms with Crippen molar-refractivity contribution in [2.45, 2.75) is 57.1 Å². The van der Waals surface area contributed by atoms with E-state index in [9.17, 15) is 14.0 Å². The number of aryl methyl sites for hydroxylation is 1. The number of hydrogen-bond donors (Lipinski definition) is 1. The highest BCUT2D eigenvalue weighted by molar-refractivity contribution is 8.00. The van der Waals surface area contributed by atoms with E-state index in [2.05, 4.69) is 5.32 Å². The van der Waals surface area contributed by atoms with Gasteiger partial charge in [0.15, 0.2) is 0 Å². The highest BCUT2D eigenvalue weighted by Gasteiger charge is 2.32. The largest absolute Gasteiger partial charge is 0.350 e. The van der Waals surface area contributed by atoms with Gasteiger partial charge in [0.05, 0.1) is 5.75 Å². The van der Waals surface area contributed by atoms with Gasteiger partial charge in [0, 0.05) is 23.4 Å². The van der Waals surface area contributed by atoms with E-state index < -0.39 is 11.6 Å². The molecule has 3 aromatic rings. The number of carbonyl (C=O) groups is 2. The van der Waals surface area contributed by atoms with Gasteiger partial charge in [-0.05, 0) is 63.1 Å². The third kappa shape index (κ3) is 8.55. The summed E-state index contributed by atoms with van der Waals surface area (Å²) in [5.74, 6) is -0.506. The number of hydrogen-bond acceptors (Lipinski definition) is 3. The van der Waals surface area contributed by atoms with Crippen molar-refractivity contribution in [1.82, 2.24) is 10.2 Å². The zero-order valence-electron chi connectivity index (χ0n) is 20.8. The van der Waals surface area contributed by atoms with Crippen LogP contribution in [0.5, 0.6) is 0 Å². The molecule has 3 aromatic carbocycles. The van der Waals surface area contributed by atoms with Crippen LogP contribution in [0.4, 0.5) is 4.39 Å². The summed E-state index contributed by atoms with van der Waals surface area (Å²) in [6, 6.07) is 23.0. The first-order chi connectivity index (χ1) is 16.6. The highest BCUT2D eigenvalue weighted by atomic mass is 32.2. The van der Waals surface area contributed by atoms with Gasteiger partial charge in [-0.25, -0.2) is 4.39 Å². The first-order valence-electron chi connectivity index (χ1n) is 11.7. The maximum Gasteiger partial charge on any atom is 0.243 e. The molecule has 2 amide bonds. The average molecular weight is 493 g/mol. The molecule has 0 bridgehead atoms. The van der Waals surface area contributed by atoms with Gasteiger partial charge in [-0.15, -0.1) is 11.8 Å². The predicted molar refractivity (Wildman–Crippen MR) is 141 cm³/mol.